The lowest BCUT2D eigenvalue weighted by Crippen LogP contribution is -2.69. The van der Waals surface area contributed by atoms with E-state index in [1.165, 1.54) is 0 Å². The summed E-state index contributed by atoms with van der Waals surface area (Å²) in [4.78, 5) is 2.18. The van der Waals surface area contributed by atoms with Gasteiger partial charge in [0.15, 0.2) is 10.8 Å². The molecule has 2 bridgehead atoms. The number of halogens is 1. The second-order valence-electron chi connectivity index (χ2n) is 6.04. The molecule has 1 aromatic rings. The molecule has 0 spiro atoms. The largest absolute Gasteiger partial charge is 0.466 e. The number of fused-ring (bicyclic) bond motifs is 4. The molecule has 2 aliphatic rings. The van der Waals surface area contributed by atoms with Crippen LogP contribution in [0, 0.1) is 5.92 Å². The van der Waals surface area contributed by atoms with Gasteiger partial charge in [-0.1, -0.05) is 44.0 Å². The third-order valence-corrected chi connectivity index (χ3v) is 5.42. The number of hydrogen-bond acceptors (Lipinski definition) is 2. The van der Waals surface area contributed by atoms with Crippen LogP contribution in [0.5, 0.6) is 5.75 Å². The van der Waals surface area contributed by atoms with Gasteiger partial charge in [0.1, 0.15) is 5.75 Å². The summed E-state index contributed by atoms with van der Waals surface area (Å²) in [5.74, 6) is 1.08. The van der Waals surface area contributed by atoms with Crippen LogP contribution < -0.4 is 10.1 Å². The van der Waals surface area contributed by atoms with Gasteiger partial charge >= 0.3 is 0 Å². The summed E-state index contributed by atoms with van der Waals surface area (Å²) in [5.41, 5.74) is 0.658. The third kappa shape index (κ3) is 2.20. The summed E-state index contributed by atoms with van der Waals surface area (Å²) in [6.07, 6.45) is 2.22. The minimum absolute atomic E-state index is 0.155. The van der Waals surface area contributed by atoms with Gasteiger partial charge < -0.3 is 15.0 Å². The highest BCUT2D eigenvalue weighted by molar-refractivity contribution is 7.80. The zero-order chi connectivity index (χ0) is 15.2. The molecule has 0 aliphatic carbocycles. The summed E-state index contributed by atoms with van der Waals surface area (Å²) in [6.45, 7) is 7.42. The minimum Gasteiger partial charge on any atom is -0.466 e. The Bertz CT molecular complexity index is 579. The average molecular weight is 325 g/mol. The molecule has 3 rings (SSSR count). The van der Waals surface area contributed by atoms with E-state index in [0.29, 0.717) is 5.02 Å². The normalized spacial score (nSPS) is 30.5. The number of hydrogen-bond donors (Lipinski definition) is 1. The maximum Gasteiger partial charge on any atom is 0.186 e. The fraction of sp³-hybridized carbons (Fsp3) is 0.562. The van der Waals surface area contributed by atoms with Gasteiger partial charge in [-0.3, -0.25) is 0 Å². The first-order valence-corrected chi connectivity index (χ1v) is 8.33. The number of ether oxygens (including phenoxy) is 1. The first-order valence-electron chi connectivity index (χ1n) is 7.54. The molecule has 114 valence electrons. The number of nitrogens with one attached hydrogen (secondary N) is 1. The molecule has 0 amide bonds. The predicted octanol–water partition coefficient (Wildman–Crippen LogP) is 4.12. The van der Waals surface area contributed by atoms with Crippen molar-refractivity contribution in [1.82, 2.24) is 10.2 Å². The van der Waals surface area contributed by atoms with E-state index in [1.807, 2.05) is 12.1 Å². The lowest BCUT2D eigenvalue weighted by Gasteiger charge is -2.56. The van der Waals surface area contributed by atoms with Crippen LogP contribution >= 0.6 is 23.8 Å². The van der Waals surface area contributed by atoms with E-state index in [0.717, 1.165) is 35.8 Å². The van der Waals surface area contributed by atoms with E-state index < -0.39 is 5.72 Å². The van der Waals surface area contributed by atoms with Crippen molar-refractivity contribution in [1.29, 1.82) is 0 Å². The van der Waals surface area contributed by atoms with E-state index >= 15 is 0 Å². The number of rotatable bonds is 3. The van der Waals surface area contributed by atoms with E-state index in [2.05, 4.69) is 37.1 Å². The highest BCUT2D eigenvalue weighted by Crippen LogP contribution is 2.50. The Morgan fingerprint density at radius 3 is 2.95 bits per heavy atom. The lowest BCUT2D eigenvalue weighted by atomic mass is 9.81. The standard InChI is InChI=1S/C16H21ClN2OS/c1-4-5-9-19-15(21)18-13-10(2)16(19,3)20-14-11(13)7-6-8-12(14)17/h6-8,10,13H,4-5,9H2,1-3H3,(H,18,21). The first kappa shape index (κ1) is 14.9. The zero-order valence-corrected chi connectivity index (χ0v) is 14.2. The Morgan fingerprint density at radius 2 is 2.24 bits per heavy atom. The van der Waals surface area contributed by atoms with Crippen LogP contribution in [0.2, 0.25) is 5.02 Å². The van der Waals surface area contributed by atoms with E-state index in [9.17, 15) is 0 Å². The van der Waals surface area contributed by atoms with Crippen LogP contribution in [0.4, 0.5) is 0 Å². The topological polar surface area (TPSA) is 24.5 Å². The van der Waals surface area contributed by atoms with E-state index in [4.69, 9.17) is 28.6 Å². The molecule has 1 fully saturated rings. The SMILES string of the molecule is CCCCN1C(=S)NC2c3cccc(Cl)c3OC1(C)C2C. The summed E-state index contributed by atoms with van der Waals surface area (Å²) < 4.78 is 6.38. The summed E-state index contributed by atoms with van der Waals surface area (Å²) in [6, 6.07) is 6.07. The molecule has 1 saturated heterocycles. The highest BCUT2D eigenvalue weighted by Gasteiger charge is 2.53. The molecular formula is C16H21ClN2OS. The Balaban J connectivity index is 2.05. The second kappa shape index (κ2) is 5.33. The molecule has 0 aromatic heterocycles. The quantitative estimate of drug-likeness (QED) is 0.845. The van der Waals surface area contributed by atoms with Gasteiger partial charge in [0, 0.05) is 18.0 Å². The van der Waals surface area contributed by atoms with Crippen molar-refractivity contribution in [3.05, 3.63) is 28.8 Å². The Morgan fingerprint density at radius 1 is 1.48 bits per heavy atom. The fourth-order valence-corrected chi connectivity index (χ4v) is 3.93. The maximum absolute atomic E-state index is 6.38. The van der Waals surface area contributed by atoms with Gasteiger partial charge in [-0.15, -0.1) is 0 Å². The van der Waals surface area contributed by atoms with Crippen molar-refractivity contribution >= 4 is 28.9 Å². The second-order valence-corrected chi connectivity index (χ2v) is 6.83. The molecule has 5 heteroatoms. The first-order chi connectivity index (χ1) is 9.99. The van der Waals surface area contributed by atoms with Crippen LogP contribution in [0.1, 0.15) is 45.2 Å². The molecule has 3 atom stereocenters. The predicted molar refractivity (Wildman–Crippen MR) is 89.7 cm³/mol. The Hall–Kier alpha value is -1.00. The smallest absolute Gasteiger partial charge is 0.186 e. The third-order valence-electron chi connectivity index (χ3n) is 4.78. The maximum atomic E-state index is 6.38. The van der Waals surface area contributed by atoms with Crippen LogP contribution in [0.3, 0.4) is 0 Å². The van der Waals surface area contributed by atoms with E-state index in [-0.39, 0.29) is 12.0 Å². The minimum atomic E-state index is -0.444. The summed E-state index contributed by atoms with van der Waals surface area (Å²) >= 11 is 11.9. The van der Waals surface area contributed by atoms with Gasteiger partial charge in [-0.2, -0.15) is 0 Å². The van der Waals surface area contributed by atoms with E-state index in [1.54, 1.807) is 0 Å². The summed E-state index contributed by atoms with van der Waals surface area (Å²) in [7, 11) is 0. The number of thiocarbonyl (C=S) groups is 1. The van der Waals surface area contributed by atoms with Gasteiger partial charge in [0.25, 0.3) is 0 Å². The molecule has 3 nitrogen and oxygen atoms in total. The monoisotopic (exact) mass is 324 g/mol. The number of nitrogens with zero attached hydrogens (tertiary/aromatic N) is 1. The Kier molecular flexibility index (Phi) is 3.78. The van der Waals surface area contributed by atoms with Crippen LogP contribution in [-0.4, -0.2) is 22.3 Å². The van der Waals surface area contributed by atoms with Crippen LogP contribution in [-0.2, 0) is 0 Å². The summed E-state index contributed by atoms with van der Waals surface area (Å²) in [5, 5.41) is 4.93. The molecule has 0 saturated carbocycles. The van der Waals surface area contributed by atoms with Crippen molar-refractivity contribution < 1.29 is 4.74 Å². The van der Waals surface area contributed by atoms with Crippen molar-refractivity contribution in [3.63, 3.8) is 0 Å². The molecular weight excluding hydrogens is 304 g/mol. The molecule has 2 aliphatic heterocycles. The van der Waals surface area contributed by atoms with Gasteiger partial charge in [0.2, 0.25) is 0 Å². The highest BCUT2D eigenvalue weighted by atomic mass is 35.5. The molecule has 1 aromatic carbocycles. The lowest BCUT2D eigenvalue weighted by molar-refractivity contribution is -0.110. The average Bonchev–Trinajstić information content (AvgIpc) is 2.44. The van der Waals surface area contributed by atoms with Gasteiger partial charge in [0.05, 0.1) is 11.1 Å². The number of benzene rings is 1. The van der Waals surface area contributed by atoms with Crippen molar-refractivity contribution in [2.45, 2.75) is 45.4 Å². The van der Waals surface area contributed by atoms with Crippen LogP contribution in [0.25, 0.3) is 0 Å². The fourth-order valence-electron chi connectivity index (χ4n) is 3.31. The molecule has 3 unspecified atom stereocenters. The number of para-hydroxylation sites is 1. The zero-order valence-electron chi connectivity index (χ0n) is 12.6. The molecule has 2 heterocycles. The van der Waals surface area contributed by atoms with Crippen molar-refractivity contribution in [2.24, 2.45) is 5.92 Å². The van der Waals surface area contributed by atoms with Gasteiger partial charge in [-0.25, -0.2) is 0 Å². The number of unbranched alkanes of at least 4 members (excludes halogenated alkanes) is 1. The van der Waals surface area contributed by atoms with Gasteiger partial charge in [-0.05, 0) is 31.6 Å². The van der Waals surface area contributed by atoms with Crippen molar-refractivity contribution in [3.8, 4) is 5.75 Å². The van der Waals surface area contributed by atoms with Crippen molar-refractivity contribution in [2.75, 3.05) is 6.54 Å². The molecule has 0 radical (unpaired) electrons. The van der Waals surface area contributed by atoms with Crippen LogP contribution in [0.15, 0.2) is 18.2 Å². The Labute approximate surface area is 136 Å². The molecule has 1 N–H and O–H groups in total. The molecule has 21 heavy (non-hydrogen) atoms.